The maximum absolute atomic E-state index is 6.13. The monoisotopic (exact) mass is 275 g/mol. The number of para-hydroxylation sites is 1. The van der Waals surface area contributed by atoms with E-state index < -0.39 is 0 Å². The molecule has 0 aromatic heterocycles. The fraction of sp³-hybridized carbons (Fsp3) is 0.647. The van der Waals surface area contributed by atoms with Crippen LogP contribution in [-0.4, -0.2) is 24.3 Å². The minimum Gasteiger partial charge on any atom is -0.486 e. The van der Waals surface area contributed by atoms with Gasteiger partial charge in [0.1, 0.15) is 11.7 Å². The highest BCUT2D eigenvalue weighted by Crippen LogP contribution is 2.43. The van der Waals surface area contributed by atoms with Crippen molar-refractivity contribution in [2.45, 2.75) is 64.2 Å². The maximum Gasteiger partial charge on any atom is 0.165 e. The number of nitrogens with one attached hydrogen (secondary N) is 1. The van der Waals surface area contributed by atoms with E-state index in [2.05, 4.69) is 38.2 Å². The van der Waals surface area contributed by atoms with E-state index >= 15 is 0 Å². The number of hydrogen-bond donors (Lipinski definition) is 1. The molecule has 1 aromatic carbocycles. The van der Waals surface area contributed by atoms with E-state index in [-0.39, 0.29) is 5.60 Å². The molecule has 3 rings (SSSR count). The summed E-state index contributed by atoms with van der Waals surface area (Å²) in [6, 6.07) is 6.88. The topological polar surface area (TPSA) is 30.5 Å². The van der Waals surface area contributed by atoms with Gasteiger partial charge in [0, 0.05) is 18.0 Å². The number of benzene rings is 1. The van der Waals surface area contributed by atoms with Gasteiger partial charge in [-0.2, -0.15) is 0 Å². The van der Waals surface area contributed by atoms with Crippen LogP contribution in [0.3, 0.4) is 0 Å². The van der Waals surface area contributed by atoms with E-state index in [0.29, 0.717) is 12.1 Å². The van der Waals surface area contributed by atoms with Crippen molar-refractivity contribution in [2.24, 2.45) is 0 Å². The summed E-state index contributed by atoms with van der Waals surface area (Å²) in [6.07, 6.45) is 4.70. The summed E-state index contributed by atoms with van der Waals surface area (Å²) in [5.74, 6) is 1.88. The first-order chi connectivity index (χ1) is 9.57. The first-order valence-electron chi connectivity index (χ1n) is 7.78. The Hall–Kier alpha value is -1.22. The second-order valence-electron chi connectivity index (χ2n) is 6.65. The molecular formula is C17H25NO2. The molecule has 0 unspecified atom stereocenters. The van der Waals surface area contributed by atoms with Crippen molar-refractivity contribution in [3.63, 3.8) is 0 Å². The van der Waals surface area contributed by atoms with Crippen LogP contribution in [0.2, 0.25) is 0 Å². The molecule has 1 fully saturated rings. The van der Waals surface area contributed by atoms with Gasteiger partial charge in [-0.15, -0.1) is 0 Å². The van der Waals surface area contributed by atoms with Gasteiger partial charge in [0.05, 0.1) is 0 Å². The molecule has 3 heteroatoms. The molecule has 1 N–H and O–H groups in total. The van der Waals surface area contributed by atoms with E-state index in [0.717, 1.165) is 37.3 Å². The second kappa shape index (κ2) is 5.28. The third kappa shape index (κ3) is 2.78. The van der Waals surface area contributed by atoms with Gasteiger partial charge in [-0.3, -0.25) is 0 Å². The van der Waals surface area contributed by atoms with Crippen molar-refractivity contribution < 1.29 is 9.47 Å². The van der Waals surface area contributed by atoms with Gasteiger partial charge in [0.15, 0.2) is 11.5 Å². The molecule has 2 aliphatic rings. The molecule has 0 amide bonds. The molecule has 1 heterocycles. The smallest absolute Gasteiger partial charge is 0.165 e. The lowest BCUT2D eigenvalue weighted by molar-refractivity contribution is 0.0746. The average molecular weight is 275 g/mol. The number of hydrogen-bond acceptors (Lipinski definition) is 3. The van der Waals surface area contributed by atoms with E-state index in [1.54, 1.807) is 0 Å². The lowest BCUT2D eigenvalue weighted by Crippen LogP contribution is -2.47. The summed E-state index contributed by atoms with van der Waals surface area (Å²) >= 11 is 0. The zero-order valence-corrected chi connectivity index (χ0v) is 12.7. The molecule has 0 atom stereocenters. The van der Waals surface area contributed by atoms with Crippen molar-refractivity contribution >= 4 is 0 Å². The molecule has 1 aromatic rings. The standard InChI is InChI=1S/C17H25NO2/c1-4-8-18-13-9-14(10-13)19-15-7-5-6-12-11-17(2,3)20-16(12)15/h5-7,13-14,18H,4,8-11H2,1-3H3. The Bertz CT molecular complexity index is 478. The van der Waals surface area contributed by atoms with Crippen molar-refractivity contribution in [1.82, 2.24) is 5.32 Å². The maximum atomic E-state index is 6.13. The number of ether oxygens (including phenoxy) is 2. The predicted molar refractivity (Wildman–Crippen MR) is 80.6 cm³/mol. The first-order valence-corrected chi connectivity index (χ1v) is 7.78. The minimum atomic E-state index is -0.105. The second-order valence-corrected chi connectivity index (χ2v) is 6.65. The molecule has 110 valence electrons. The van der Waals surface area contributed by atoms with Crippen LogP contribution in [0.5, 0.6) is 11.5 Å². The Balaban J connectivity index is 1.59. The Morgan fingerprint density at radius 2 is 2.15 bits per heavy atom. The molecule has 3 nitrogen and oxygen atoms in total. The predicted octanol–water partition coefficient (Wildman–Crippen LogP) is 3.31. The van der Waals surface area contributed by atoms with Crippen LogP contribution < -0.4 is 14.8 Å². The lowest BCUT2D eigenvalue weighted by atomic mass is 9.89. The Morgan fingerprint density at radius 3 is 2.90 bits per heavy atom. The molecule has 0 bridgehead atoms. The van der Waals surface area contributed by atoms with Gasteiger partial charge in [-0.1, -0.05) is 19.1 Å². The molecular weight excluding hydrogens is 250 g/mol. The largest absolute Gasteiger partial charge is 0.486 e. The molecule has 0 radical (unpaired) electrons. The molecule has 1 saturated carbocycles. The summed E-state index contributed by atoms with van der Waals surface area (Å²) < 4.78 is 12.2. The summed E-state index contributed by atoms with van der Waals surface area (Å²) in [4.78, 5) is 0. The number of fused-ring (bicyclic) bond motifs is 1. The van der Waals surface area contributed by atoms with Crippen molar-refractivity contribution in [1.29, 1.82) is 0 Å². The van der Waals surface area contributed by atoms with E-state index in [9.17, 15) is 0 Å². The normalized spacial score (nSPS) is 26.6. The average Bonchev–Trinajstić information content (AvgIpc) is 2.66. The Kier molecular flexibility index (Phi) is 3.63. The zero-order chi connectivity index (χ0) is 14.2. The highest BCUT2D eigenvalue weighted by atomic mass is 16.5. The van der Waals surface area contributed by atoms with E-state index in [1.807, 2.05) is 6.07 Å². The molecule has 0 spiro atoms. The summed E-state index contributed by atoms with van der Waals surface area (Å²) in [5, 5.41) is 3.54. The van der Waals surface area contributed by atoms with Crippen LogP contribution in [0, 0.1) is 0 Å². The minimum absolute atomic E-state index is 0.105. The summed E-state index contributed by atoms with van der Waals surface area (Å²) in [5.41, 5.74) is 1.17. The SMILES string of the molecule is CCCNC1CC(Oc2cccc3c2OC(C)(C)C3)C1. The van der Waals surface area contributed by atoms with Crippen molar-refractivity contribution in [3.05, 3.63) is 23.8 Å². The van der Waals surface area contributed by atoms with Crippen molar-refractivity contribution in [3.8, 4) is 11.5 Å². The van der Waals surface area contributed by atoms with Crippen LogP contribution in [0.4, 0.5) is 0 Å². The van der Waals surface area contributed by atoms with Crippen LogP contribution in [0.1, 0.15) is 45.6 Å². The molecule has 0 saturated heterocycles. The third-order valence-electron chi connectivity index (χ3n) is 4.13. The van der Waals surface area contributed by atoms with Crippen LogP contribution >= 0.6 is 0 Å². The van der Waals surface area contributed by atoms with Crippen LogP contribution in [-0.2, 0) is 6.42 Å². The highest BCUT2D eigenvalue weighted by Gasteiger charge is 2.35. The zero-order valence-electron chi connectivity index (χ0n) is 12.7. The van der Waals surface area contributed by atoms with E-state index in [1.165, 1.54) is 12.0 Å². The molecule has 20 heavy (non-hydrogen) atoms. The molecule has 1 aliphatic carbocycles. The van der Waals surface area contributed by atoms with Gasteiger partial charge < -0.3 is 14.8 Å². The Labute approximate surface area is 121 Å². The lowest BCUT2D eigenvalue weighted by Gasteiger charge is -2.36. The molecule has 1 aliphatic heterocycles. The first kappa shape index (κ1) is 13.7. The quantitative estimate of drug-likeness (QED) is 0.894. The summed E-state index contributed by atoms with van der Waals surface area (Å²) in [6.45, 7) is 7.57. The summed E-state index contributed by atoms with van der Waals surface area (Å²) in [7, 11) is 0. The number of rotatable bonds is 5. The Morgan fingerprint density at radius 1 is 1.35 bits per heavy atom. The van der Waals surface area contributed by atoms with Crippen LogP contribution in [0.15, 0.2) is 18.2 Å². The van der Waals surface area contributed by atoms with Gasteiger partial charge in [-0.25, -0.2) is 0 Å². The third-order valence-corrected chi connectivity index (χ3v) is 4.13. The van der Waals surface area contributed by atoms with Gasteiger partial charge in [0.2, 0.25) is 0 Å². The van der Waals surface area contributed by atoms with Gasteiger partial charge in [-0.05, 0) is 45.7 Å². The fourth-order valence-electron chi connectivity index (χ4n) is 3.04. The van der Waals surface area contributed by atoms with Gasteiger partial charge >= 0.3 is 0 Å². The van der Waals surface area contributed by atoms with Crippen LogP contribution in [0.25, 0.3) is 0 Å². The fourth-order valence-corrected chi connectivity index (χ4v) is 3.04. The van der Waals surface area contributed by atoms with Gasteiger partial charge in [0.25, 0.3) is 0 Å². The van der Waals surface area contributed by atoms with E-state index in [4.69, 9.17) is 9.47 Å². The van der Waals surface area contributed by atoms with Crippen molar-refractivity contribution in [2.75, 3.05) is 6.54 Å². The highest BCUT2D eigenvalue weighted by molar-refractivity contribution is 5.50.